The largest absolute Gasteiger partial charge is 0.352 e. The summed E-state index contributed by atoms with van der Waals surface area (Å²) in [5, 5.41) is 6.07. The van der Waals surface area contributed by atoms with Crippen LogP contribution >= 0.6 is 12.2 Å². The van der Waals surface area contributed by atoms with Crippen molar-refractivity contribution in [2.24, 2.45) is 0 Å². The zero-order valence-electron chi connectivity index (χ0n) is 7.38. The van der Waals surface area contributed by atoms with Gasteiger partial charge in [0.25, 0.3) is 0 Å². The second-order valence-electron chi connectivity index (χ2n) is 2.52. The van der Waals surface area contributed by atoms with Gasteiger partial charge >= 0.3 is 0 Å². The van der Waals surface area contributed by atoms with Crippen molar-refractivity contribution in [2.75, 3.05) is 11.9 Å². The number of benzene rings is 1. The minimum absolute atomic E-state index is 0.280. The summed E-state index contributed by atoms with van der Waals surface area (Å²) in [6.45, 7) is 0.368. The fourth-order valence-corrected chi connectivity index (χ4v) is 1.03. The minimum atomic E-state index is -0.280. The SMILES string of the molecule is C#CCNC(=S)Nc1ccc(F)cc1. The number of thiocarbonyl (C=S) groups is 1. The van der Waals surface area contributed by atoms with E-state index < -0.39 is 0 Å². The number of nitrogens with one attached hydrogen (secondary N) is 2. The molecule has 0 spiro atoms. The molecule has 0 aliphatic heterocycles. The maximum absolute atomic E-state index is 12.5. The van der Waals surface area contributed by atoms with Crippen LogP contribution in [0.3, 0.4) is 0 Å². The van der Waals surface area contributed by atoms with Gasteiger partial charge in [0, 0.05) is 5.69 Å². The Hall–Kier alpha value is -1.60. The molecule has 2 N–H and O–H groups in total. The molecule has 2 nitrogen and oxygen atoms in total. The van der Waals surface area contributed by atoms with Crippen LogP contribution in [0.25, 0.3) is 0 Å². The molecule has 1 aromatic carbocycles. The lowest BCUT2D eigenvalue weighted by Crippen LogP contribution is -2.28. The molecule has 4 heteroatoms. The third kappa shape index (κ3) is 3.42. The molecule has 0 fully saturated rings. The molecule has 0 saturated carbocycles. The van der Waals surface area contributed by atoms with Crippen LogP contribution in [0.5, 0.6) is 0 Å². The molecule has 0 radical (unpaired) electrons. The van der Waals surface area contributed by atoms with Gasteiger partial charge in [0.2, 0.25) is 0 Å². The summed E-state index contributed by atoms with van der Waals surface area (Å²) < 4.78 is 12.5. The van der Waals surface area contributed by atoms with Crippen molar-refractivity contribution in [3.05, 3.63) is 30.1 Å². The van der Waals surface area contributed by atoms with E-state index >= 15 is 0 Å². The van der Waals surface area contributed by atoms with Crippen LogP contribution in [-0.2, 0) is 0 Å². The Morgan fingerprint density at radius 2 is 2.07 bits per heavy atom. The van der Waals surface area contributed by atoms with Gasteiger partial charge in [-0.25, -0.2) is 4.39 Å². The number of hydrogen-bond acceptors (Lipinski definition) is 1. The summed E-state index contributed by atoms with van der Waals surface area (Å²) in [4.78, 5) is 0. The first kappa shape index (κ1) is 10.5. The Morgan fingerprint density at radius 3 is 2.64 bits per heavy atom. The van der Waals surface area contributed by atoms with Crippen LogP contribution in [0, 0.1) is 18.2 Å². The van der Waals surface area contributed by atoms with Crippen LogP contribution in [0.2, 0.25) is 0 Å². The van der Waals surface area contributed by atoms with Crippen molar-refractivity contribution in [1.29, 1.82) is 0 Å². The monoisotopic (exact) mass is 208 g/mol. The smallest absolute Gasteiger partial charge is 0.171 e. The molecule has 0 heterocycles. The highest BCUT2D eigenvalue weighted by Gasteiger charge is 1.95. The van der Waals surface area contributed by atoms with Crippen molar-refractivity contribution in [3.63, 3.8) is 0 Å². The Morgan fingerprint density at radius 1 is 1.43 bits per heavy atom. The van der Waals surface area contributed by atoms with E-state index in [4.69, 9.17) is 18.6 Å². The Kier molecular flexibility index (Phi) is 3.89. The number of rotatable bonds is 2. The van der Waals surface area contributed by atoms with Gasteiger partial charge < -0.3 is 10.6 Å². The van der Waals surface area contributed by atoms with E-state index in [0.29, 0.717) is 11.7 Å². The second kappa shape index (κ2) is 5.20. The van der Waals surface area contributed by atoms with E-state index in [1.807, 2.05) is 0 Å². The lowest BCUT2D eigenvalue weighted by atomic mass is 10.3. The first-order valence-electron chi connectivity index (χ1n) is 3.96. The quantitative estimate of drug-likeness (QED) is 0.572. The van der Waals surface area contributed by atoms with Crippen LogP contribution < -0.4 is 10.6 Å². The Bertz CT molecular complexity index is 353. The molecule has 0 bridgehead atoms. The van der Waals surface area contributed by atoms with E-state index in [2.05, 4.69) is 16.6 Å². The van der Waals surface area contributed by atoms with Gasteiger partial charge in [-0.1, -0.05) is 5.92 Å². The van der Waals surface area contributed by atoms with Crippen molar-refractivity contribution >= 4 is 23.0 Å². The Labute approximate surface area is 87.5 Å². The van der Waals surface area contributed by atoms with Crippen molar-refractivity contribution in [2.45, 2.75) is 0 Å². The number of anilines is 1. The summed E-state index contributed by atoms with van der Waals surface area (Å²) in [7, 11) is 0. The van der Waals surface area contributed by atoms with E-state index in [1.165, 1.54) is 12.1 Å². The highest BCUT2D eigenvalue weighted by Crippen LogP contribution is 2.07. The molecule has 0 aromatic heterocycles. The fourth-order valence-electron chi connectivity index (χ4n) is 0.840. The predicted molar refractivity (Wildman–Crippen MR) is 59.5 cm³/mol. The first-order chi connectivity index (χ1) is 6.72. The average Bonchev–Trinajstić information content (AvgIpc) is 2.18. The second-order valence-corrected chi connectivity index (χ2v) is 2.93. The highest BCUT2D eigenvalue weighted by atomic mass is 32.1. The highest BCUT2D eigenvalue weighted by molar-refractivity contribution is 7.80. The van der Waals surface area contributed by atoms with E-state index in [1.54, 1.807) is 12.1 Å². The lowest BCUT2D eigenvalue weighted by Gasteiger charge is -2.07. The zero-order chi connectivity index (χ0) is 10.4. The predicted octanol–water partition coefficient (Wildman–Crippen LogP) is 1.75. The topological polar surface area (TPSA) is 24.1 Å². The van der Waals surface area contributed by atoms with E-state index in [9.17, 15) is 4.39 Å². The molecule has 72 valence electrons. The van der Waals surface area contributed by atoms with E-state index in [-0.39, 0.29) is 5.82 Å². The summed E-state index contributed by atoms with van der Waals surface area (Å²) in [6, 6.07) is 5.90. The number of halogens is 1. The summed E-state index contributed by atoms with van der Waals surface area (Å²) >= 11 is 4.92. The molecule has 0 saturated heterocycles. The van der Waals surface area contributed by atoms with Crippen LogP contribution in [0.1, 0.15) is 0 Å². The molecule has 14 heavy (non-hydrogen) atoms. The molecule has 0 unspecified atom stereocenters. The van der Waals surface area contributed by atoms with Crippen LogP contribution in [-0.4, -0.2) is 11.7 Å². The first-order valence-corrected chi connectivity index (χ1v) is 4.37. The summed E-state index contributed by atoms with van der Waals surface area (Å²) in [5.74, 6) is 2.12. The van der Waals surface area contributed by atoms with Crippen LogP contribution in [0.15, 0.2) is 24.3 Å². The zero-order valence-corrected chi connectivity index (χ0v) is 8.20. The number of terminal acetylenes is 1. The third-order valence-electron chi connectivity index (χ3n) is 1.45. The molecule has 0 atom stereocenters. The molecular weight excluding hydrogens is 199 g/mol. The van der Waals surface area contributed by atoms with Gasteiger partial charge in [0.15, 0.2) is 5.11 Å². The van der Waals surface area contributed by atoms with Gasteiger partial charge in [-0.15, -0.1) is 6.42 Å². The number of hydrogen-bond donors (Lipinski definition) is 2. The fraction of sp³-hybridized carbons (Fsp3) is 0.100. The lowest BCUT2D eigenvalue weighted by molar-refractivity contribution is 0.628. The molecule has 0 aliphatic rings. The van der Waals surface area contributed by atoms with Gasteiger partial charge in [-0.3, -0.25) is 0 Å². The van der Waals surface area contributed by atoms with Gasteiger partial charge in [0.05, 0.1) is 6.54 Å². The average molecular weight is 208 g/mol. The Balaban J connectivity index is 2.49. The van der Waals surface area contributed by atoms with Crippen molar-refractivity contribution < 1.29 is 4.39 Å². The van der Waals surface area contributed by atoms with Gasteiger partial charge in [-0.05, 0) is 36.5 Å². The molecular formula is C10H9FN2S. The van der Waals surface area contributed by atoms with E-state index in [0.717, 1.165) is 5.69 Å². The van der Waals surface area contributed by atoms with Crippen LogP contribution in [0.4, 0.5) is 10.1 Å². The van der Waals surface area contributed by atoms with Gasteiger partial charge in [0.1, 0.15) is 5.82 Å². The molecule has 0 amide bonds. The molecule has 1 aromatic rings. The van der Waals surface area contributed by atoms with Gasteiger partial charge in [-0.2, -0.15) is 0 Å². The minimum Gasteiger partial charge on any atom is -0.352 e. The van der Waals surface area contributed by atoms with Crippen molar-refractivity contribution in [1.82, 2.24) is 5.32 Å². The maximum Gasteiger partial charge on any atom is 0.171 e. The normalized spacial score (nSPS) is 8.86. The third-order valence-corrected chi connectivity index (χ3v) is 1.70. The summed E-state index contributed by atoms with van der Waals surface area (Å²) in [6.07, 6.45) is 5.04. The molecule has 0 aliphatic carbocycles. The standard InChI is InChI=1S/C10H9FN2S/c1-2-7-12-10(14)13-9-5-3-8(11)4-6-9/h1,3-6H,7H2,(H2,12,13,14). The summed E-state index contributed by atoms with van der Waals surface area (Å²) in [5.41, 5.74) is 0.723. The van der Waals surface area contributed by atoms with Crippen molar-refractivity contribution in [3.8, 4) is 12.3 Å². The maximum atomic E-state index is 12.5. The molecule has 1 rings (SSSR count).